The van der Waals surface area contributed by atoms with Crippen LogP contribution in [0.2, 0.25) is 0 Å². The molecule has 0 spiro atoms. The molecule has 0 aromatic carbocycles. The van der Waals surface area contributed by atoms with Gasteiger partial charge in [0.25, 0.3) is 0 Å². The molecule has 0 bridgehead atoms. The zero-order chi connectivity index (χ0) is 6.41. The second-order valence-corrected chi connectivity index (χ2v) is 1.20. The summed E-state index contributed by atoms with van der Waals surface area (Å²) in [5.41, 5.74) is 0. The molecule has 0 fully saturated rings. The molecule has 0 aliphatic carbocycles. The van der Waals surface area contributed by atoms with Crippen molar-refractivity contribution in [1.82, 2.24) is 6.15 Å². The van der Waals surface area contributed by atoms with E-state index in [0.717, 1.165) is 6.08 Å². The fourth-order valence-corrected chi connectivity index (χ4v) is 0.245. The normalized spacial score (nSPS) is 8.90. The van der Waals surface area contributed by atoms with Crippen LogP contribution in [0.3, 0.4) is 0 Å². The number of quaternary nitrogens is 1. The molecule has 0 aromatic rings. The van der Waals surface area contributed by atoms with Gasteiger partial charge in [0.1, 0.15) is 0 Å². The van der Waals surface area contributed by atoms with Gasteiger partial charge in [-0.2, -0.15) is 0 Å². The van der Waals surface area contributed by atoms with E-state index in [2.05, 4.69) is 0 Å². The van der Waals surface area contributed by atoms with Gasteiger partial charge < -0.3 is 16.1 Å². The van der Waals surface area contributed by atoms with Gasteiger partial charge in [-0.3, -0.25) is 0 Å². The summed E-state index contributed by atoms with van der Waals surface area (Å²) in [6, 6.07) is 0. The number of carbonyl (C=O) groups excluding carboxylic acids is 1. The molecule has 0 saturated carbocycles. The Morgan fingerprint density at radius 1 is 1.40 bits per heavy atom. The molecule has 1 radical (unpaired) electrons. The van der Waals surface area contributed by atoms with Crippen molar-refractivity contribution in [2.45, 2.75) is 6.92 Å². The Bertz CT molecular complexity index is 132. The summed E-state index contributed by atoms with van der Waals surface area (Å²) >= 11 is 0. The molecule has 4 heteroatoms. The van der Waals surface area contributed by atoms with Crippen LogP contribution < -0.4 is 11.3 Å². The molecule has 0 saturated heterocycles. The first kappa shape index (κ1) is 16.9. The van der Waals surface area contributed by atoms with Gasteiger partial charge in [0.05, 0.1) is 5.97 Å². The third kappa shape index (κ3) is 15.8. The standard InChI is InChI=1S/C6H8O2.K.H3N/c1-2-3-4-5-6(7)8;;/h2-5H,1H3,(H,7,8);;1H3. The molecule has 0 rings (SSSR count). The van der Waals surface area contributed by atoms with E-state index in [9.17, 15) is 9.90 Å². The van der Waals surface area contributed by atoms with Crippen molar-refractivity contribution >= 4 is 57.4 Å². The molecular weight excluding hydrogens is 157 g/mol. The molecule has 10 heavy (non-hydrogen) atoms. The molecule has 0 aliphatic heterocycles. The van der Waals surface area contributed by atoms with Gasteiger partial charge in [0.15, 0.2) is 0 Å². The van der Waals surface area contributed by atoms with E-state index in [1.165, 1.54) is 6.08 Å². The predicted octanol–water partition coefficient (Wildman–Crippen LogP) is -0.136. The zero-order valence-corrected chi connectivity index (χ0v) is 9.75. The van der Waals surface area contributed by atoms with Crippen LogP contribution in [0.5, 0.6) is 0 Å². The van der Waals surface area contributed by atoms with Crippen molar-refractivity contribution in [2.24, 2.45) is 0 Å². The minimum atomic E-state index is -1.16. The maximum Gasteiger partial charge on any atom is 0.0642 e. The van der Waals surface area contributed by atoms with Crippen molar-refractivity contribution in [3.63, 3.8) is 0 Å². The van der Waals surface area contributed by atoms with Crippen molar-refractivity contribution in [3.8, 4) is 0 Å². The van der Waals surface area contributed by atoms with Crippen LogP contribution >= 0.6 is 0 Å². The van der Waals surface area contributed by atoms with Crippen LogP contribution in [-0.2, 0) is 4.79 Å². The number of carbonyl (C=O) groups is 1. The Hall–Kier alpha value is 0.546. The number of aliphatic carboxylic acids is 1. The van der Waals surface area contributed by atoms with E-state index in [1.807, 2.05) is 0 Å². The van der Waals surface area contributed by atoms with Crippen LogP contribution in [0.25, 0.3) is 0 Å². The predicted molar refractivity (Wildman–Crippen MR) is 40.7 cm³/mol. The number of hydrogen-bond donors (Lipinski definition) is 1. The third-order valence-electron chi connectivity index (χ3n) is 0.536. The number of hydrogen-bond acceptors (Lipinski definition) is 2. The SMILES string of the molecule is CC=CC=CC(=O)[O-].[K].[NH4+]. The Morgan fingerprint density at radius 3 is 2.20 bits per heavy atom. The minimum Gasteiger partial charge on any atom is -0.545 e. The quantitative estimate of drug-likeness (QED) is 0.354. The number of carboxylic acid groups (broad SMARTS) is 1. The summed E-state index contributed by atoms with van der Waals surface area (Å²) in [4.78, 5) is 9.64. The first-order valence-electron chi connectivity index (χ1n) is 2.27. The molecule has 0 atom stereocenters. The van der Waals surface area contributed by atoms with Crippen molar-refractivity contribution in [1.29, 1.82) is 0 Å². The van der Waals surface area contributed by atoms with Crippen molar-refractivity contribution in [3.05, 3.63) is 24.3 Å². The third-order valence-corrected chi connectivity index (χ3v) is 0.536. The first-order chi connectivity index (χ1) is 3.77. The van der Waals surface area contributed by atoms with E-state index < -0.39 is 5.97 Å². The maximum atomic E-state index is 9.64. The molecule has 0 aliphatic rings. The average Bonchev–Trinajstić information content (AvgIpc) is 1.66. The van der Waals surface area contributed by atoms with Crippen LogP contribution in [0.1, 0.15) is 6.92 Å². The number of allylic oxidation sites excluding steroid dienone is 3. The summed E-state index contributed by atoms with van der Waals surface area (Å²) in [5, 5.41) is 9.64. The maximum absolute atomic E-state index is 9.64. The molecule has 3 nitrogen and oxygen atoms in total. The van der Waals surface area contributed by atoms with Crippen LogP contribution in [0.15, 0.2) is 24.3 Å². The van der Waals surface area contributed by atoms with E-state index in [4.69, 9.17) is 0 Å². The van der Waals surface area contributed by atoms with Gasteiger partial charge in [-0.25, -0.2) is 0 Å². The molecule has 4 N–H and O–H groups in total. The van der Waals surface area contributed by atoms with E-state index in [-0.39, 0.29) is 57.5 Å². The summed E-state index contributed by atoms with van der Waals surface area (Å²) in [5.74, 6) is -1.16. The van der Waals surface area contributed by atoms with Crippen molar-refractivity contribution in [2.75, 3.05) is 0 Å². The smallest absolute Gasteiger partial charge is 0.0642 e. The molecule has 53 valence electrons. The van der Waals surface area contributed by atoms with Gasteiger partial charge >= 0.3 is 0 Å². The second kappa shape index (κ2) is 12.2. The minimum absolute atomic E-state index is 0. The van der Waals surface area contributed by atoms with Gasteiger partial charge in [-0.05, 0) is 13.0 Å². The molecule has 0 amide bonds. The summed E-state index contributed by atoms with van der Waals surface area (Å²) < 4.78 is 0. The Kier molecular flexibility index (Phi) is 20.7. The van der Waals surface area contributed by atoms with Crippen LogP contribution in [0, 0.1) is 0 Å². The Morgan fingerprint density at radius 2 is 1.90 bits per heavy atom. The van der Waals surface area contributed by atoms with Gasteiger partial charge in [0, 0.05) is 51.4 Å². The van der Waals surface area contributed by atoms with Crippen LogP contribution in [0.4, 0.5) is 0 Å². The van der Waals surface area contributed by atoms with E-state index >= 15 is 0 Å². The fraction of sp³-hybridized carbons (Fsp3) is 0.167. The second-order valence-electron chi connectivity index (χ2n) is 1.20. The van der Waals surface area contributed by atoms with E-state index in [1.54, 1.807) is 19.1 Å². The van der Waals surface area contributed by atoms with Gasteiger partial charge in [0.2, 0.25) is 0 Å². The van der Waals surface area contributed by atoms with Crippen molar-refractivity contribution < 1.29 is 9.90 Å². The Labute approximate surface area is 103 Å². The number of carboxylic acids is 1. The zero-order valence-electron chi connectivity index (χ0n) is 6.63. The molecular formula is C6H11KNO2. The molecule has 0 heterocycles. The van der Waals surface area contributed by atoms with E-state index in [0.29, 0.717) is 0 Å². The largest absolute Gasteiger partial charge is 0.545 e. The topological polar surface area (TPSA) is 76.6 Å². The molecule has 0 aromatic heterocycles. The van der Waals surface area contributed by atoms with Crippen LogP contribution in [-0.4, -0.2) is 57.4 Å². The summed E-state index contributed by atoms with van der Waals surface area (Å²) in [6.07, 6.45) is 5.74. The average molecular weight is 168 g/mol. The van der Waals surface area contributed by atoms with Gasteiger partial charge in [-0.15, -0.1) is 0 Å². The fourth-order valence-electron chi connectivity index (χ4n) is 0.245. The monoisotopic (exact) mass is 168 g/mol. The first-order valence-corrected chi connectivity index (χ1v) is 2.27. The molecule has 0 unspecified atom stereocenters. The number of rotatable bonds is 2. The Balaban J connectivity index is -0.000000245. The summed E-state index contributed by atoms with van der Waals surface area (Å²) in [6.45, 7) is 1.81. The summed E-state index contributed by atoms with van der Waals surface area (Å²) in [7, 11) is 0. The van der Waals surface area contributed by atoms with Gasteiger partial charge in [-0.1, -0.05) is 18.2 Å².